The van der Waals surface area contributed by atoms with Gasteiger partial charge in [-0.25, -0.2) is 9.78 Å². The molecule has 0 aliphatic carbocycles. The van der Waals surface area contributed by atoms with Crippen LogP contribution in [0.2, 0.25) is 0 Å². The molecule has 1 aromatic heterocycles. The van der Waals surface area contributed by atoms with Gasteiger partial charge in [-0.3, -0.25) is 4.79 Å². The molecular formula is C18H18N4O3. The summed E-state index contributed by atoms with van der Waals surface area (Å²) in [5, 5.41) is 11.8. The van der Waals surface area contributed by atoms with E-state index in [9.17, 15) is 9.59 Å². The topological polar surface area (TPSA) is 97.0 Å². The first kappa shape index (κ1) is 16.7. The second kappa shape index (κ2) is 7.18. The van der Waals surface area contributed by atoms with Crippen LogP contribution in [0.25, 0.3) is 0 Å². The normalized spacial score (nSPS) is 15.8. The van der Waals surface area contributed by atoms with Crippen molar-refractivity contribution in [3.63, 3.8) is 0 Å². The van der Waals surface area contributed by atoms with E-state index in [0.29, 0.717) is 36.4 Å². The van der Waals surface area contributed by atoms with E-state index in [-0.39, 0.29) is 11.9 Å². The highest BCUT2D eigenvalue weighted by Crippen LogP contribution is 2.16. The van der Waals surface area contributed by atoms with E-state index in [1.165, 1.54) is 0 Å². The Labute approximate surface area is 145 Å². The molecule has 7 nitrogen and oxygen atoms in total. The Hall–Kier alpha value is -3.14. The van der Waals surface area contributed by atoms with Gasteiger partial charge in [0, 0.05) is 30.8 Å². The second-order valence-electron chi connectivity index (χ2n) is 5.81. The van der Waals surface area contributed by atoms with Crippen LogP contribution in [0, 0.1) is 11.3 Å². The lowest BCUT2D eigenvalue weighted by atomic mass is 10.1. The van der Waals surface area contributed by atoms with Crippen LogP contribution in [-0.4, -0.2) is 34.1 Å². The van der Waals surface area contributed by atoms with Crippen molar-refractivity contribution in [3.05, 3.63) is 53.1 Å². The predicted octanol–water partition coefficient (Wildman–Crippen LogP) is 1.68. The third kappa shape index (κ3) is 3.69. The Bertz CT molecular complexity index is 833. The lowest BCUT2D eigenvalue weighted by Crippen LogP contribution is -2.40. The summed E-state index contributed by atoms with van der Waals surface area (Å²) >= 11 is 0. The summed E-state index contributed by atoms with van der Waals surface area (Å²) in [6.07, 6.45) is 3.10. The minimum Gasteiger partial charge on any atom is -0.461 e. The predicted molar refractivity (Wildman–Crippen MR) is 88.9 cm³/mol. The van der Waals surface area contributed by atoms with Crippen LogP contribution in [-0.2, 0) is 17.7 Å². The lowest BCUT2D eigenvalue weighted by Gasteiger charge is -2.24. The largest absolute Gasteiger partial charge is 0.461 e. The average molecular weight is 338 g/mol. The van der Waals surface area contributed by atoms with Crippen LogP contribution in [0.3, 0.4) is 0 Å². The number of fused-ring (bicyclic) bond motifs is 1. The van der Waals surface area contributed by atoms with Gasteiger partial charge in [0.25, 0.3) is 5.91 Å². The summed E-state index contributed by atoms with van der Waals surface area (Å²) in [7, 11) is 0. The molecule has 0 saturated heterocycles. The molecule has 0 bridgehead atoms. The van der Waals surface area contributed by atoms with Gasteiger partial charge in [0.05, 0.1) is 18.2 Å². The highest BCUT2D eigenvalue weighted by molar-refractivity contribution is 5.94. The van der Waals surface area contributed by atoms with Gasteiger partial charge in [0.2, 0.25) is 0 Å². The van der Waals surface area contributed by atoms with Crippen LogP contribution in [0.4, 0.5) is 0 Å². The number of amides is 1. The maximum absolute atomic E-state index is 12.3. The molecule has 0 fully saturated rings. The Morgan fingerprint density at radius 3 is 2.84 bits per heavy atom. The number of aryl methyl sites for hydroxylation is 1. The van der Waals surface area contributed by atoms with Gasteiger partial charge in [-0.1, -0.05) is 0 Å². The van der Waals surface area contributed by atoms with Crippen molar-refractivity contribution in [2.24, 2.45) is 0 Å². The van der Waals surface area contributed by atoms with Crippen molar-refractivity contribution < 1.29 is 14.3 Å². The number of hydrogen-bond donors (Lipinski definition) is 1. The molecule has 1 atom stereocenters. The maximum Gasteiger partial charge on any atom is 0.358 e. The zero-order valence-electron chi connectivity index (χ0n) is 13.9. The van der Waals surface area contributed by atoms with Crippen molar-refractivity contribution in [2.75, 3.05) is 6.61 Å². The first-order chi connectivity index (χ1) is 12.1. The number of nitrogens with zero attached hydrogens (tertiary/aromatic N) is 3. The number of esters is 1. The SMILES string of the molecule is CCOC(=O)c1cn2c(n1)CCC(NC(=O)c1ccc(C#N)cc1)C2. The zero-order chi connectivity index (χ0) is 17.8. The molecule has 1 aromatic carbocycles. The van der Waals surface area contributed by atoms with Crippen LogP contribution in [0.1, 0.15) is 45.6 Å². The summed E-state index contributed by atoms with van der Waals surface area (Å²) in [6, 6.07) is 8.50. The van der Waals surface area contributed by atoms with Gasteiger partial charge in [-0.15, -0.1) is 0 Å². The maximum atomic E-state index is 12.3. The first-order valence-corrected chi connectivity index (χ1v) is 8.15. The highest BCUT2D eigenvalue weighted by atomic mass is 16.5. The Kier molecular flexibility index (Phi) is 4.80. The quantitative estimate of drug-likeness (QED) is 0.856. The molecule has 1 N–H and O–H groups in total. The number of hydrogen-bond acceptors (Lipinski definition) is 5. The van der Waals surface area contributed by atoms with Gasteiger partial charge in [-0.2, -0.15) is 5.26 Å². The summed E-state index contributed by atoms with van der Waals surface area (Å²) in [6.45, 7) is 2.62. The molecule has 7 heteroatoms. The molecule has 2 aromatic rings. The van der Waals surface area contributed by atoms with E-state index >= 15 is 0 Å². The Morgan fingerprint density at radius 1 is 1.40 bits per heavy atom. The summed E-state index contributed by atoms with van der Waals surface area (Å²) < 4.78 is 6.85. The zero-order valence-corrected chi connectivity index (χ0v) is 13.9. The first-order valence-electron chi connectivity index (χ1n) is 8.15. The second-order valence-corrected chi connectivity index (χ2v) is 5.81. The minimum atomic E-state index is -0.428. The van der Waals surface area contributed by atoms with Crippen molar-refractivity contribution in [1.82, 2.24) is 14.9 Å². The van der Waals surface area contributed by atoms with E-state index in [0.717, 1.165) is 12.2 Å². The average Bonchev–Trinajstić information content (AvgIpc) is 3.05. The molecule has 0 saturated carbocycles. The molecular weight excluding hydrogens is 320 g/mol. The number of rotatable bonds is 4. The summed E-state index contributed by atoms with van der Waals surface area (Å²) in [5.74, 6) is 0.221. The Morgan fingerprint density at radius 2 is 2.16 bits per heavy atom. The Balaban J connectivity index is 1.65. The van der Waals surface area contributed by atoms with Crippen molar-refractivity contribution in [2.45, 2.75) is 32.4 Å². The number of benzene rings is 1. The fourth-order valence-electron chi connectivity index (χ4n) is 2.83. The number of imidazole rings is 1. The van der Waals surface area contributed by atoms with Crippen LogP contribution >= 0.6 is 0 Å². The van der Waals surface area contributed by atoms with Crippen molar-refractivity contribution in [1.29, 1.82) is 5.26 Å². The lowest BCUT2D eigenvalue weighted by molar-refractivity contribution is 0.0519. The third-order valence-corrected chi connectivity index (χ3v) is 4.09. The fraction of sp³-hybridized carbons (Fsp3) is 0.333. The molecule has 1 unspecified atom stereocenters. The summed E-state index contributed by atoms with van der Waals surface area (Å²) in [4.78, 5) is 28.4. The molecule has 1 aliphatic heterocycles. The minimum absolute atomic E-state index is 0.0418. The molecule has 1 aliphatic rings. The van der Waals surface area contributed by atoms with Gasteiger partial charge in [-0.05, 0) is 37.6 Å². The van der Waals surface area contributed by atoms with Crippen LogP contribution < -0.4 is 5.32 Å². The van der Waals surface area contributed by atoms with Crippen molar-refractivity contribution >= 4 is 11.9 Å². The molecule has 3 rings (SSSR count). The van der Waals surface area contributed by atoms with E-state index < -0.39 is 5.97 Å². The van der Waals surface area contributed by atoms with Gasteiger partial charge >= 0.3 is 5.97 Å². The molecule has 25 heavy (non-hydrogen) atoms. The van der Waals surface area contributed by atoms with Crippen LogP contribution in [0.15, 0.2) is 30.5 Å². The molecule has 0 radical (unpaired) electrons. The number of aromatic nitrogens is 2. The van der Waals surface area contributed by atoms with E-state index in [1.807, 2.05) is 10.6 Å². The van der Waals surface area contributed by atoms with Gasteiger partial charge in [0.15, 0.2) is 5.69 Å². The molecule has 1 amide bonds. The van der Waals surface area contributed by atoms with Crippen LogP contribution in [0.5, 0.6) is 0 Å². The number of carbonyl (C=O) groups excluding carboxylic acids is 2. The number of carbonyl (C=O) groups is 2. The molecule has 2 heterocycles. The van der Waals surface area contributed by atoms with Gasteiger partial charge < -0.3 is 14.6 Å². The number of nitriles is 1. The van der Waals surface area contributed by atoms with Gasteiger partial charge in [0.1, 0.15) is 5.82 Å². The molecule has 0 spiro atoms. The number of nitrogens with one attached hydrogen (secondary N) is 1. The highest BCUT2D eigenvalue weighted by Gasteiger charge is 2.24. The van der Waals surface area contributed by atoms with E-state index in [4.69, 9.17) is 10.00 Å². The monoisotopic (exact) mass is 338 g/mol. The fourth-order valence-corrected chi connectivity index (χ4v) is 2.83. The standard InChI is InChI=1S/C18H18N4O3/c1-2-25-18(24)15-11-22-10-14(7-8-16(22)21-15)20-17(23)13-5-3-12(9-19)4-6-13/h3-6,11,14H,2,7-8,10H2,1H3,(H,20,23). The third-order valence-electron chi connectivity index (χ3n) is 4.09. The van der Waals surface area contributed by atoms with E-state index in [2.05, 4.69) is 10.3 Å². The smallest absolute Gasteiger partial charge is 0.358 e. The number of ether oxygens (including phenoxy) is 1. The van der Waals surface area contributed by atoms with Crippen molar-refractivity contribution in [3.8, 4) is 6.07 Å². The van der Waals surface area contributed by atoms with E-state index in [1.54, 1.807) is 37.4 Å². The molecule has 128 valence electrons. The summed E-state index contributed by atoms with van der Waals surface area (Å²) in [5.41, 5.74) is 1.34.